The number of pyridine rings is 1. The van der Waals surface area contributed by atoms with Gasteiger partial charge in [0.05, 0.1) is 35.0 Å². The van der Waals surface area contributed by atoms with Gasteiger partial charge in [0.2, 0.25) is 0 Å². The number of carboxylic acids is 1. The van der Waals surface area contributed by atoms with Crippen molar-refractivity contribution in [1.82, 2.24) is 4.98 Å². The summed E-state index contributed by atoms with van der Waals surface area (Å²) in [5.41, 5.74) is 0.827. The van der Waals surface area contributed by atoms with E-state index in [4.69, 9.17) is 21.1 Å². The molecular formula is C20H16ClFN2O5. The van der Waals surface area contributed by atoms with E-state index in [9.17, 15) is 19.4 Å². The second-order valence-electron chi connectivity index (χ2n) is 6.56. The third-order valence-electron chi connectivity index (χ3n) is 4.48. The number of aliphatic hydroxyl groups is 1. The number of aromatic nitrogens is 1. The highest BCUT2D eigenvalue weighted by Crippen LogP contribution is 2.34. The van der Waals surface area contributed by atoms with Crippen LogP contribution in [0, 0.1) is 5.82 Å². The number of anilines is 1. The van der Waals surface area contributed by atoms with Crippen molar-refractivity contribution in [2.45, 2.75) is 12.3 Å². The normalized spacial score (nSPS) is 15.0. The van der Waals surface area contributed by atoms with E-state index in [0.717, 1.165) is 0 Å². The zero-order valence-electron chi connectivity index (χ0n) is 14.9. The van der Waals surface area contributed by atoms with Gasteiger partial charge in [0, 0.05) is 29.3 Å². The maximum atomic E-state index is 13.3. The number of nitrogens with zero attached hydrogens (tertiary/aromatic N) is 1. The average Bonchev–Trinajstić information content (AvgIpc) is 2.65. The maximum absolute atomic E-state index is 13.3. The van der Waals surface area contributed by atoms with Crippen LogP contribution in [0.5, 0.6) is 5.75 Å². The van der Waals surface area contributed by atoms with Crippen LogP contribution in [0.25, 0.3) is 10.9 Å². The van der Waals surface area contributed by atoms with Crippen molar-refractivity contribution in [3.63, 3.8) is 0 Å². The first-order valence-corrected chi connectivity index (χ1v) is 9.09. The molecule has 1 aromatic heterocycles. The number of rotatable bonds is 6. The van der Waals surface area contributed by atoms with Gasteiger partial charge in [-0.05, 0) is 24.3 Å². The molecule has 0 bridgehead atoms. The molecular weight excluding hydrogens is 403 g/mol. The molecule has 0 aliphatic carbocycles. The van der Waals surface area contributed by atoms with Gasteiger partial charge < -0.3 is 25.0 Å². The van der Waals surface area contributed by atoms with E-state index in [0.29, 0.717) is 29.7 Å². The number of aromatic carboxylic acids is 1. The fourth-order valence-electron chi connectivity index (χ4n) is 2.89. The lowest BCUT2D eigenvalue weighted by Crippen LogP contribution is -2.38. The van der Waals surface area contributed by atoms with Crippen molar-refractivity contribution in [3.8, 4) is 5.75 Å². The van der Waals surface area contributed by atoms with Crippen LogP contribution in [0.15, 0.2) is 42.6 Å². The van der Waals surface area contributed by atoms with Gasteiger partial charge in [-0.2, -0.15) is 0 Å². The van der Waals surface area contributed by atoms with Crippen LogP contribution in [-0.4, -0.2) is 40.5 Å². The van der Waals surface area contributed by atoms with Crippen LogP contribution in [0.4, 0.5) is 10.1 Å². The molecule has 3 aromatic rings. The molecule has 4 rings (SSSR count). The van der Waals surface area contributed by atoms with E-state index in [1.165, 1.54) is 30.5 Å². The average molecular weight is 419 g/mol. The van der Waals surface area contributed by atoms with Crippen molar-refractivity contribution in [3.05, 3.63) is 64.6 Å². The third kappa shape index (κ3) is 4.09. The molecule has 1 saturated heterocycles. The van der Waals surface area contributed by atoms with Crippen molar-refractivity contribution in [2.24, 2.45) is 0 Å². The van der Waals surface area contributed by atoms with Gasteiger partial charge in [-0.3, -0.25) is 4.98 Å². The molecule has 1 atom stereocenters. The van der Waals surface area contributed by atoms with Crippen molar-refractivity contribution in [2.75, 3.05) is 18.5 Å². The van der Waals surface area contributed by atoms with Gasteiger partial charge in [-0.1, -0.05) is 11.6 Å². The molecule has 2 aromatic carbocycles. The molecule has 1 unspecified atom stereocenters. The second kappa shape index (κ2) is 7.82. The van der Waals surface area contributed by atoms with Crippen LogP contribution in [0.1, 0.15) is 22.1 Å². The molecule has 0 radical (unpaired) electrons. The standard InChI is InChI=1S/C20H16ClFN2O5/c21-15-5-14(20(26)27)17(6-18(15)29-13-8-28-9-13)24-19(25)11-3-10-1-2-12(22)4-16(10)23-7-11/h1-7,13,19,24-25H,8-9H2,(H,26,27). The number of nitrogens with one attached hydrogen (secondary N) is 1. The molecule has 0 amide bonds. The predicted molar refractivity (Wildman–Crippen MR) is 104 cm³/mol. The summed E-state index contributed by atoms with van der Waals surface area (Å²) in [4.78, 5) is 15.7. The van der Waals surface area contributed by atoms with Gasteiger partial charge in [-0.15, -0.1) is 0 Å². The van der Waals surface area contributed by atoms with Gasteiger partial charge in [0.15, 0.2) is 6.23 Å². The number of halogens is 2. The van der Waals surface area contributed by atoms with Gasteiger partial charge >= 0.3 is 5.97 Å². The zero-order chi connectivity index (χ0) is 20.5. The van der Waals surface area contributed by atoms with Crippen LogP contribution >= 0.6 is 11.6 Å². The minimum atomic E-state index is -1.27. The third-order valence-corrected chi connectivity index (χ3v) is 4.77. The van der Waals surface area contributed by atoms with E-state index < -0.39 is 18.0 Å². The lowest BCUT2D eigenvalue weighted by molar-refractivity contribution is -0.0796. The van der Waals surface area contributed by atoms with Crippen LogP contribution in [0.3, 0.4) is 0 Å². The fourth-order valence-corrected chi connectivity index (χ4v) is 3.10. The first-order valence-electron chi connectivity index (χ1n) is 8.72. The summed E-state index contributed by atoms with van der Waals surface area (Å²) in [6, 6.07) is 8.45. The predicted octanol–water partition coefficient (Wildman–Crippen LogP) is 3.61. The Bertz CT molecular complexity index is 1090. The molecule has 3 N–H and O–H groups in total. The molecule has 7 nitrogen and oxygen atoms in total. The number of carboxylic acid groups (broad SMARTS) is 1. The molecule has 150 valence electrons. The highest BCUT2D eigenvalue weighted by Gasteiger charge is 2.24. The Balaban J connectivity index is 1.63. The summed E-state index contributed by atoms with van der Waals surface area (Å²) in [5, 5.41) is 23.6. The zero-order valence-corrected chi connectivity index (χ0v) is 15.7. The number of carbonyl (C=O) groups is 1. The molecule has 1 aliphatic heterocycles. The van der Waals surface area contributed by atoms with Crippen LogP contribution in [-0.2, 0) is 4.74 Å². The summed E-state index contributed by atoms with van der Waals surface area (Å²) in [5.74, 6) is -1.34. The number of benzene rings is 2. The number of hydrogen-bond acceptors (Lipinski definition) is 6. The molecule has 2 heterocycles. The topological polar surface area (TPSA) is 101 Å². The molecule has 0 saturated carbocycles. The lowest BCUT2D eigenvalue weighted by Gasteiger charge is -2.27. The van der Waals surface area contributed by atoms with Crippen molar-refractivity contribution >= 4 is 34.2 Å². The van der Waals surface area contributed by atoms with Crippen LogP contribution < -0.4 is 10.1 Å². The quantitative estimate of drug-likeness (QED) is 0.526. The largest absolute Gasteiger partial charge is 0.484 e. The number of hydrogen-bond donors (Lipinski definition) is 3. The Morgan fingerprint density at radius 1 is 1.31 bits per heavy atom. The molecule has 1 aliphatic rings. The Kier molecular flexibility index (Phi) is 5.23. The Labute approximate surface area is 169 Å². The van der Waals surface area contributed by atoms with E-state index in [-0.39, 0.29) is 28.1 Å². The lowest BCUT2D eigenvalue weighted by atomic mass is 10.1. The fraction of sp³-hybridized carbons (Fsp3) is 0.200. The summed E-state index contributed by atoms with van der Waals surface area (Å²) < 4.78 is 24.1. The molecule has 29 heavy (non-hydrogen) atoms. The van der Waals surface area contributed by atoms with E-state index >= 15 is 0 Å². The minimum absolute atomic E-state index is 0.123. The van der Waals surface area contributed by atoms with Crippen molar-refractivity contribution in [1.29, 1.82) is 0 Å². The van der Waals surface area contributed by atoms with E-state index in [1.807, 2.05) is 0 Å². The Morgan fingerprint density at radius 3 is 2.79 bits per heavy atom. The van der Waals surface area contributed by atoms with Crippen molar-refractivity contribution < 1.29 is 28.9 Å². The maximum Gasteiger partial charge on any atom is 0.337 e. The first kappa shape index (κ1) is 19.4. The number of fused-ring (bicyclic) bond motifs is 1. The highest BCUT2D eigenvalue weighted by atomic mass is 35.5. The summed E-state index contributed by atoms with van der Waals surface area (Å²) in [6.07, 6.45) is -0.0408. The number of aliphatic hydroxyl groups excluding tert-OH is 1. The van der Waals surface area contributed by atoms with E-state index in [2.05, 4.69) is 10.3 Å². The smallest absolute Gasteiger partial charge is 0.337 e. The molecule has 9 heteroatoms. The minimum Gasteiger partial charge on any atom is -0.484 e. The Morgan fingerprint density at radius 2 is 2.10 bits per heavy atom. The molecule has 0 spiro atoms. The first-order chi connectivity index (χ1) is 13.9. The second-order valence-corrected chi connectivity index (χ2v) is 6.97. The van der Waals surface area contributed by atoms with Crippen LogP contribution in [0.2, 0.25) is 5.02 Å². The molecule has 1 fully saturated rings. The van der Waals surface area contributed by atoms with Gasteiger partial charge in [0.1, 0.15) is 17.7 Å². The summed E-state index contributed by atoms with van der Waals surface area (Å²) in [6.45, 7) is 0.845. The number of ether oxygens (including phenoxy) is 2. The SMILES string of the molecule is O=C(O)c1cc(Cl)c(OC2COC2)cc1NC(O)c1cnc2cc(F)ccc2c1. The van der Waals surface area contributed by atoms with Gasteiger partial charge in [0.25, 0.3) is 0 Å². The van der Waals surface area contributed by atoms with Gasteiger partial charge in [-0.25, -0.2) is 9.18 Å². The van der Waals surface area contributed by atoms with E-state index in [1.54, 1.807) is 12.1 Å². The monoisotopic (exact) mass is 418 g/mol. The summed E-state index contributed by atoms with van der Waals surface area (Å²) >= 11 is 6.14. The highest BCUT2D eigenvalue weighted by molar-refractivity contribution is 6.32. The summed E-state index contributed by atoms with van der Waals surface area (Å²) in [7, 11) is 0. The Hall–Kier alpha value is -2.94.